The number of ether oxygens (including phenoxy) is 2. The molecule has 56 heavy (non-hydrogen) atoms. The fourth-order valence-corrected chi connectivity index (χ4v) is 8.68. The van der Waals surface area contributed by atoms with Crippen molar-refractivity contribution in [2.24, 2.45) is 11.3 Å². The molecule has 2 saturated carbocycles. The largest absolute Gasteiger partial charge is 0.471 e. The van der Waals surface area contributed by atoms with E-state index in [0.29, 0.717) is 36.0 Å². The number of carbonyl (C=O) groups is 4. The highest BCUT2D eigenvalue weighted by Crippen LogP contribution is 2.45. The minimum atomic E-state index is -3.91. The highest BCUT2D eigenvalue weighted by Gasteiger charge is 2.62. The van der Waals surface area contributed by atoms with Gasteiger partial charge in [-0.15, -0.1) is 6.58 Å². The Morgan fingerprint density at radius 2 is 1.80 bits per heavy atom. The molecule has 2 aliphatic heterocycles. The molecule has 7 rings (SSSR count). The van der Waals surface area contributed by atoms with E-state index in [9.17, 15) is 27.6 Å². The van der Waals surface area contributed by atoms with E-state index in [0.717, 1.165) is 24.0 Å². The quantitative estimate of drug-likeness (QED) is 0.297. The Hall–Kier alpha value is -5.31. The van der Waals surface area contributed by atoms with Crippen LogP contribution in [0.4, 0.5) is 4.79 Å². The summed E-state index contributed by atoms with van der Waals surface area (Å²) >= 11 is 0. The molecule has 14 nitrogen and oxygen atoms in total. The first kappa shape index (κ1) is 38.9. The number of allylic oxidation sites excluding steroid dienone is 1. The van der Waals surface area contributed by atoms with E-state index in [1.165, 1.54) is 11.0 Å². The molecule has 4 aliphatic rings. The van der Waals surface area contributed by atoms with Crippen molar-refractivity contribution in [1.82, 2.24) is 30.2 Å². The number of nitrogens with zero attached hydrogens (tertiary/aromatic N) is 3. The zero-order valence-corrected chi connectivity index (χ0v) is 32.6. The fraction of sp³-hybridized carbons (Fsp3) is 0.463. The van der Waals surface area contributed by atoms with Gasteiger partial charge in [-0.2, -0.15) is 0 Å². The van der Waals surface area contributed by atoms with Crippen LogP contribution < -0.4 is 20.1 Å². The van der Waals surface area contributed by atoms with Gasteiger partial charge in [0, 0.05) is 17.9 Å². The van der Waals surface area contributed by atoms with Gasteiger partial charge in [0.15, 0.2) is 0 Å². The number of hydrogen-bond donors (Lipinski definition) is 3. The summed E-state index contributed by atoms with van der Waals surface area (Å²) in [4.78, 5) is 66.9. The number of aromatic nitrogens is 2. The molecular weight excluding hydrogens is 737 g/mol. The number of benzene rings is 2. The second-order valence-corrected chi connectivity index (χ2v) is 18.1. The monoisotopic (exact) mass is 784 g/mol. The summed E-state index contributed by atoms with van der Waals surface area (Å²) < 4.78 is 39.8. The van der Waals surface area contributed by atoms with Crippen molar-refractivity contribution in [2.45, 2.75) is 94.7 Å². The number of rotatable bonds is 6. The molecule has 1 saturated heterocycles. The third-order valence-corrected chi connectivity index (χ3v) is 12.6. The molecule has 3 heterocycles. The van der Waals surface area contributed by atoms with Gasteiger partial charge in [0.05, 0.1) is 29.4 Å². The average Bonchev–Trinajstić information content (AvgIpc) is 4.09. The molecule has 3 fully saturated rings. The van der Waals surface area contributed by atoms with Crippen molar-refractivity contribution < 1.29 is 37.1 Å². The summed E-state index contributed by atoms with van der Waals surface area (Å²) in [5.74, 6) is -2.40. The normalized spacial score (nSPS) is 25.9. The third-order valence-electron chi connectivity index (χ3n) is 10.8. The smallest absolute Gasteiger partial charge is 0.407 e. The number of hydrogen-bond acceptors (Lipinski definition) is 10. The number of alkyl carbamates (subject to hydrolysis) is 1. The number of fused-ring (bicyclic) bond motifs is 7. The summed E-state index contributed by atoms with van der Waals surface area (Å²) in [5, 5.41) is 4.91. The minimum absolute atomic E-state index is 0.00751. The zero-order chi connectivity index (χ0) is 39.8. The number of cyclic esters (lactones) is 1. The van der Waals surface area contributed by atoms with Crippen LogP contribution in [0.2, 0.25) is 0 Å². The molecular formula is C41H48N6O8S. The Morgan fingerprint density at radius 3 is 2.50 bits per heavy atom. The predicted octanol–water partition coefficient (Wildman–Crippen LogP) is 4.65. The summed E-state index contributed by atoms with van der Waals surface area (Å²) in [6, 6.07) is 12.9. The molecule has 4 bridgehead atoms. The first-order chi connectivity index (χ1) is 26.7. The molecule has 2 aliphatic carbocycles. The van der Waals surface area contributed by atoms with Gasteiger partial charge in [-0.25, -0.2) is 23.2 Å². The van der Waals surface area contributed by atoms with Gasteiger partial charge in [0.2, 0.25) is 27.7 Å². The maximum absolute atomic E-state index is 14.6. The van der Waals surface area contributed by atoms with Gasteiger partial charge < -0.3 is 25.0 Å². The highest BCUT2D eigenvalue weighted by molar-refractivity contribution is 7.91. The SMILES string of the molecule is C=C[C@@H]1C[C@]1(NC(=O)[C@@H]1C[C@@H]2CN1C(=O)[C@H](C(C)(C)C)NC(=O)OCCCCC=Cc1cccc(c1)-c1nc3ccccc3nc1O2)C(=O)NS(=O)(=O)C1CC1. The Bertz CT molecular complexity index is 2200. The van der Waals surface area contributed by atoms with Crippen molar-refractivity contribution in [3.05, 3.63) is 72.8 Å². The van der Waals surface area contributed by atoms with Gasteiger partial charge in [-0.3, -0.25) is 19.1 Å². The van der Waals surface area contributed by atoms with Crippen LogP contribution in [-0.2, 0) is 29.1 Å². The Kier molecular flexibility index (Phi) is 10.7. The number of amides is 4. The average molecular weight is 785 g/mol. The Morgan fingerprint density at radius 1 is 1.05 bits per heavy atom. The van der Waals surface area contributed by atoms with Gasteiger partial charge in [-0.1, -0.05) is 69.3 Å². The number of nitrogens with one attached hydrogen (secondary N) is 3. The fourth-order valence-electron chi connectivity index (χ4n) is 7.32. The van der Waals surface area contributed by atoms with E-state index >= 15 is 0 Å². The lowest BCUT2D eigenvalue weighted by atomic mass is 9.85. The van der Waals surface area contributed by atoms with Gasteiger partial charge in [-0.05, 0) is 67.7 Å². The van der Waals surface area contributed by atoms with Crippen LogP contribution in [0.25, 0.3) is 28.4 Å². The Labute approximate surface area is 326 Å². The van der Waals surface area contributed by atoms with Crippen LogP contribution in [0.1, 0.15) is 71.3 Å². The topological polar surface area (TPSA) is 186 Å². The number of para-hydroxylation sites is 2. The number of carbonyl (C=O) groups excluding carboxylic acids is 4. The van der Waals surface area contributed by atoms with Crippen LogP contribution in [0.3, 0.4) is 0 Å². The molecule has 0 radical (unpaired) electrons. The van der Waals surface area contributed by atoms with Crippen molar-refractivity contribution in [1.29, 1.82) is 0 Å². The molecule has 3 aromatic rings. The maximum atomic E-state index is 14.6. The van der Waals surface area contributed by atoms with E-state index < -0.39 is 74.1 Å². The van der Waals surface area contributed by atoms with Crippen molar-refractivity contribution >= 4 is 50.9 Å². The first-order valence-corrected chi connectivity index (χ1v) is 20.7. The Balaban J connectivity index is 1.26. The van der Waals surface area contributed by atoms with Crippen LogP contribution in [-0.4, -0.2) is 89.2 Å². The molecule has 0 unspecified atom stereocenters. The first-order valence-electron chi connectivity index (χ1n) is 19.1. The third kappa shape index (κ3) is 8.27. The summed E-state index contributed by atoms with van der Waals surface area (Å²) in [7, 11) is -3.91. The van der Waals surface area contributed by atoms with Crippen molar-refractivity contribution in [2.75, 3.05) is 13.2 Å². The van der Waals surface area contributed by atoms with Crippen LogP contribution >= 0.6 is 0 Å². The molecule has 0 spiro atoms. The lowest BCUT2D eigenvalue weighted by Gasteiger charge is -2.35. The molecule has 4 amide bonds. The van der Waals surface area contributed by atoms with Crippen LogP contribution in [0.5, 0.6) is 5.88 Å². The second-order valence-electron chi connectivity index (χ2n) is 16.1. The zero-order valence-electron chi connectivity index (χ0n) is 31.8. The highest BCUT2D eigenvalue weighted by atomic mass is 32.2. The van der Waals surface area contributed by atoms with Crippen LogP contribution in [0.15, 0.2) is 67.3 Å². The van der Waals surface area contributed by atoms with E-state index in [1.807, 2.05) is 54.6 Å². The van der Waals surface area contributed by atoms with Crippen molar-refractivity contribution in [3.8, 4) is 17.1 Å². The summed E-state index contributed by atoms with van der Waals surface area (Å²) in [6.07, 6.45) is 7.22. The molecule has 3 N–H and O–H groups in total. The minimum Gasteiger partial charge on any atom is -0.471 e. The molecule has 2 aromatic carbocycles. The standard InChI is InChI=1S/C41H48N6O8S/c1-5-27-23-41(27,38(50)46-56(52,53)29-18-19-29)45-35(48)32-22-28-24-47(32)37(49)34(40(2,3)4)44-39(51)54-20-11-7-6-8-13-25-14-12-15-26(21-25)33-36(55-28)43-31-17-10-9-16-30(31)42-33/h5,8-10,12-17,21,27-29,32,34H,1,6-7,11,18-20,22-24H2,2-4H3,(H,44,51)(H,45,48)(H,46,50)/t27-,28-,32+,34-,41-/m1/s1. The van der Waals surface area contributed by atoms with Crippen molar-refractivity contribution in [3.63, 3.8) is 0 Å². The molecule has 5 atom stereocenters. The van der Waals surface area contributed by atoms with E-state index in [-0.39, 0.29) is 31.9 Å². The second kappa shape index (κ2) is 15.3. The summed E-state index contributed by atoms with van der Waals surface area (Å²) in [5.41, 5.74) is 1.04. The summed E-state index contributed by atoms with van der Waals surface area (Å²) in [6.45, 7) is 9.26. The lowest BCUT2D eigenvalue weighted by molar-refractivity contribution is -0.142. The van der Waals surface area contributed by atoms with Crippen LogP contribution in [0, 0.1) is 11.3 Å². The molecule has 1 aromatic heterocycles. The van der Waals surface area contributed by atoms with Gasteiger partial charge in [0.25, 0.3) is 5.91 Å². The van der Waals surface area contributed by atoms with E-state index in [4.69, 9.17) is 19.4 Å². The van der Waals surface area contributed by atoms with Gasteiger partial charge >= 0.3 is 6.09 Å². The molecule has 296 valence electrons. The maximum Gasteiger partial charge on any atom is 0.407 e. The van der Waals surface area contributed by atoms with E-state index in [2.05, 4.69) is 28.0 Å². The molecule has 15 heteroatoms. The lowest BCUT2D eigenvalue weighted by Crippen LogP contribution is -2.60. The predicted molar refractivity (Wildman–Crippen MR) is 209 cm³/mol. The van der Waals surface area contributed by atoms with Gasteiger partial charge in [0.1, 0.15) is 29.4 Å². The number of sulfonamides is 1. The van der Waals surface area contributed by atoms with E-state index in [1.54, 1.807) is 20.8 Å².